The van der Waals surface area contributed by atoms with Crippen molar-refractivity contribution in [2.45, 2.75) is 17.7 Å². The van der Waals surface area contributed by atoms with E-state index < -0.39 is 10.0 Å². The first kappa shape index (κ1) is 17.9. The molecule has 0 saturated heterocycles. The fourth-order valence-electron chi connectivity index (χ4n) is 2.68. The van der Waals surface area contributed by atoms with E-state index in [1.807, 2.05) is 67.6 Å². The zero-order chi connectivity index (χ0) is 18.4. The third kappa shape index (κ3) is 4.18. The second-order valence-corrected chi connectivity index (χ2v) is 7.56. The van der Waals surface area contributed by atoms with E-state index >= 15 is 0 Å². The molecule has 0 spiro atoms. The van der Waals surface area contributed by atoms with E-state index in [2.05, 4.69) is 9.93 Å². The van der Waals surface area contributed by atoms with Gasteiger partial charge < -0.3 is 0 Å². The molecular weight excluding hydrogens is 344 g/mol. The van der Waals surface area contributed by atoms with Crippen molar-refractivity contribution in [3.8, 4) is 0 Å². The van der Waals surface area contributed by atoms with Gasteiger partial charge in [0, 0.05) is 5.92 Å². The average Bonchev–Trinajstić information content (AvgIpc) is 2.70. The number of benzene rings is 3. The van der Waals surface area contributed by atoms with Crippen LogP contribution in [-0.2, 0) is 10.0 Å². The summed E-state index contributed by atoms with van der Waals surface area (Å²) in [6.07, 6.45) is 0. The molecule has 0 saturated carbocycles. The minimum absolute atomic E-state index is 0.0722. The van der Waals surface area contributed by atoms with Crippen LogP contribution in [0.15, 0.2) is 101 Å². The van der Waals surface area contributed by atoms with Crippen LogP contribution in [-0.4, -0.2) is 14.1 Å². The van der Waals surface area contributed by atoms with E-state index in [0.717, 1.165) is 11.1 Å². The Bertz CT molecular complexity index is 970. The summed E-state index contributed by atoms with van der Waals surface area (Å²) in [5.74, 6) is -0.0722. The summed E-state index contributed by atoms with van der Waals surface area (Å²) in [6.45, 7) is 2.01. The molecule has 0 aliphatic carbocycles. The summed E-state index contributed by atoms with van der Waals surface area (Å²) >= 11 is 0. The number of nitrogens with zero attached hydrogens (tertiary/aromatic N) is 1. The Morgan fingerprint density at radius 1 is 0.808 bits per heavy atom. The van der Waals surface area contributed by atoms with Gasteiger partial charge in [0.05, 0.1) is 10.6 Å². The highest BCUT2D eigenvalue weighted by molar-refractivity contribution is 7.89. The second kappa shape index (κ2) is 7.97. The predicted molar refractivity (Wildman–Crippen MR) is 105 cm³/mol. The van der Waals surface area contributed by atoms with Crippen molar-refractivity contribution in [2.24, 2.45) is 5.10 Å². The van der Waals surface area contributed by atoms with Gasteiger partial charge in [0.2, 0.25) is 0 Å². The molecular formula is C21H20N2O2S. The topological polar surface area (TPSA) is 58.5 Å². The summed E-state index contributed by atoms with van der Waals surface area (Å²) < 4.78 is 25.0. The van der Waals surface area contributed by atoms with Crippen molar-refractivity contribution in [2.75, 3.05) is 0 Å². The molecule has 0 unspecified atom stereocenters. The summed E-state index contributed by atoms with van der Waals surface area (Å²) in [5.41, 5.74) is 2.60. The molecule has 0 amide bonds. The quantitative estimate of drug-likeness (QED) is 0.527. The molecule has 1 N–H and O–H groups in total. The number of rotatable bonds is 6. The third-order valence-corrected chi connectivity index (χ3v) is 5.34. The van der Waals surface area contributed by atoms with E-state index in [4.69, 9.17) is 0 Å². The standard InChI is InChI=1S/C21H20N2O2S/c1-17(18-11-5-2-6-12-18)21(19-13-7-3-8-14-19)22-23-26(24,25)20-15-9-4-10-16-20/h2-17,23H,1H3/b22-21+/t17-/m1/s1. The van der Waals surface area contributed by atoms with Gasteiger partial charge in [0.1, 0.15) is 0 Å². The largest absolute Gasteiger partial charge is 0.276 e. The van der Waals surface area contributed by atoms with Gasteiger partial charge in [0.15, 0.2) is 0 Å². The van der Waals surface area contributed by atoms with Crippen LogP contribution >= 0.6 is 0 Å². The average molecular weight is 364 g/mol. The Balaban J connectivity index is 1.97. The molecule has 0 radical (unpaired) electrons. The molecule has 132 valence electrons. The predicted octanol–water partition coefficient (Wildman–Crippen LogP) is 4.17. The summed E-state index contributed by atoms with van der Waals surface area (Å²) in [7, 11) is -3.72. The van der Waals surface area contributed by atoms with Gasteiger partial charge in [-0.25, -0.2) is 0 Å². The van der Waals surface area contributed by atoms with Crippen molar-refractivity contribution in [1.82, 2.24) is 4.83 Å². The number of hydrogen-bond acceptors (Lipinski definition) is 3. The lowest BCUT2D eigenvalue weighted by Crippen LogP contribution is -2.22. The molecule has 0 fully saturated rings. The molecule has 0 bridgehead atoms. The first-order valence-electron chi connectivity index (χ1n) is 8.33. The molecule has 0 aromatic heterocycles. The van der Waals surface area contributed by atoms with Crippen LogP contribution in [0.25, 0.3) is 0 Å². The molecule has 4 nitrogen and oxygen atoms in total. The highest BCUT2D eigenvalue weighted by atomic mass is 32.2. The molecule has 5 heteroatoms. The Hall–Kier alpha value is -2.92. The number of nitrogens with one attached hydrogen (secondary N) is 1. The minimum Gasteiger partial charge on any atom is -0.200 e. The van der Waals surface area contributed by atoms with Gasteiger partial charge in [-0.05, 0) is 23.3 Å². The molecule has 3 aromatic carbocycles. The van der Waals surface area contributed by atoms with Crippen LogP contribution in [0, 0.1) is 0 Å². The van der Waals surface area contributed by atoms with Crippen LogP contribution in [0.2, 0.25) is 0 Å². The summed E-state index contributed by atoms with van der Waals surface area (Å²) in [4.78, 5) is 2.57. The normalized spacial score (nSPS) is 13.2. The highest BCUT2D eigenvalue weighted by Crippen LogP contribution is 2.21. The van der Waals surface area contributed by atoms with Crippen molar-refractivity contribution < 1.29 is 8.42 Å². The smallest absolute Gasteiger partial charge is 0.200 e. The van der Waals surface area contributed by atoms with Gasteiger partial charge in [-0.3, -0.25) is 0 Å². The lowest BCUT2D eigenvalue weighted by atomic mass is 9.92. The Kier molecular flexibility index (Phi) is 5.49. The maximum atomic E-state index is 12.5. The van der Waals surface area contributed by atoms with E-state index in [0.29, 0.717) is 5.71 Å². The van der Waals surface area contributed by atoms with Gasteiger partial charge in [-0.2, -0.15) is 18.4 Å². The minimum atomic E-state index is -3.72. The SMILES string of the molecule is C[C@@H](/C(=N\NS(=O)(=O)c1ccccc1)c1ccccc1)c1ccccc1. The van der Waals surface area contributed by atoms with Crippen molar-refractivity contribution >= 4 is 15.7 Å². The zero-order valence-electron chi connectivity index (χ0n) is 14.4. The molecule has 0 aliphatic heterocycles. The molecule has 0 heterocycles. The maximum absolute atomic E-state index is 12.5. The first-order chi connectivity index (χ1) is 12.6. The lowest BCUT2D eigenvalue weighted by Gasteiger charge is -2.16. The molecule has 1 atom stereocenters. The monoisotopic (exact) mass is 364 g/mol. The molecule has 0 aliphatic rings. The van der Waals surface area contributed by atoms with Gasteiger partial charge in [-0.1, -0.05) is 85.8 Å². The summed E-state index contributed by atoms with van der Waals surface area (Å²) in [6, 6.07) is 27.7. The molecule has 26 heavy (non-hydrogen) atoms. The zero-order valence-corrected chi connectivity index (χ0v) is 15.2. The van der Waals surface area contributed by atoms with Gasteiger partial charge >= 0.3 is 0 Å². The van der Waals surface area contributed by atoms with Crippen LogP contribution < -0.4 is 4.83 Å². The van der Waals surface area contributed by atoms with Crippen LogP contribution in [0.4, 0.5) is 0 Å². The van der Waals surface area contributed by atoms with E-state index in [1.165, 1.54) is 0 Å². The fourth-order valence-corrected chi connectivity index (χ4v) is 3.52. The summed E-state index contributed by atoms with van der Waals surface area (Å²) in [5, 5.41) is 4.30. The number of hydrazone groups is 1. The van der Waals surface area contributed by atoms with Crippen LogP contribution in [0.1, 0.15) is 24.0 Å². The van der Waals surface area contributed by atoms with Gasteiger partial charge in [-0.15, -0.1) is 0 Å². The lowest BCUT2D eigenvalue weighted by molar-refractivity contribution is 0.584. The van der Waals surface area contributed by atoms with E-state index in [9.17, 15) is 8.42 Å². The highest BCUT2D eigenvalue weighted by Gasteiger charge is 2.18. The van der Waals surface area contributed by atoms with Crippen LogP contribution in [0.3, 0.4) is 0 Å². The number of hydrogen-bond donors (Lipinski definition) is 1. The van der Waals surface area contributed by atoms with Crippen molar-refractivity contribution in [3.63, 3.8) is 0 Å². The van der Waals surface area contributed by atoms with Gasteiger partial charge in [0.25, 0.3) is 10.0 Å². The Morgan fingerprint density at radius 3 is 1.88 bits per heavy atom. The molecule has 3 rings (SSSR count). The first-order valence-corrected chi connectivity index (χ1v) is 9.81. The van der Waals surface area contributed by atoms with Crippen molar-refractivity contribution in [3.05, 3.63) is 102 Å². The Labute approximate surface area is 154 Å². The third-order valence-electron chi connectivity index (χ3n) is 4.12. The van der Waals surface area contributed by atoms with Crippen LogP contribution in [0.5, 0.6) is 0 Å². The molecule has 3 aromatic rings. The maximum Gasteiger partial charge on any atom is 0.276 e. The second-order valence-electron chi connectivity index (χ2n) is 5.90. The fraction of sp³-hybridized carbons (Fsp3) is 0.0952. The van der Waals surface area contributed by atoms with E-state index in [1.54, 1.807) is 30.3 Å². The Morgan fingerprint density at radius 2 is 1.31 bits per heavy atom. The number of sulfonamides is 1. The van der Waals surface area contributed by atoms with E-state index in [-0.39, 0.29) is 10.8 Å². The van der Waals surface area contributed by atoms with Crippen molar-refractivity contribution in [1.29, 1.82) is 0 Å².